The topological polar surface area (TPSA) is 30.5 Å². The molecule has 1 atom stereocenters. The van der Waals surface area contributed by atoms with Gasteiger partial charge in [0, 0.05) is 17.1 Å². The molecule has 0 saturated heterocycles. The highest BCUT2D eigenvalue weighted by molar-refractivity contribution is 9.10. The van der Waals surface area contributed by atoms with Gasteiger partial charge >= 0.3 is 0 Å². The Balaban J connectivity index is 1.72. The van der Waals surface area contributed by atoms with Gasteiger partial charge in [0.1, 0.15) is 0 Å². The van der Waals surface area contributed by atoms with Crippen molar-refractivity contribution in [3.63, 3.8) is 0 Å². The number of aryl methyl sites for hydroxylation is 1. The normalized spacial score (nSPS) is 14.2. The van der Waals surface area contributed by atoms with Crippen LogP contribution in [0.3, 0.4) is 0 Å². The summed E-state index contributed by atoms with van der Waals surface area (Å²) in [5.41, 5.74) is 3.80. The first-order valence-corrected chi connectivity index (χ1v) is 7.81. The highest BCUT2D eigenvalue weighted by Gasteiger charge is 2.16. The summed E-state index contributed by atoms with van der Waals surface area (Å²) in [4.78, 5) is 0. The fourth-order valence-corrected chi connectivity index (χ4v) is 3.00. The lowest BCUT2D eigenvalue weighted by molar-refractivity contribution is 0.174. The van der Waals surface area contributed by atoms with Crippen LogP contribution >= 0.6 is 15.9 Å². The fraction of sp³-hybridized carbons (Fsp3) is 0.294. The van der Waals surface area contributed by atoms with E-state index in [2.05, 4.69) is 59.4 Å². The Morgan fingerprint density at radius 2 is 1.90 bits per heavy atom. The van der Waals surface area contributed by atoms with Gasteiger partial charge in [0.15, 0.2) is 11.5 Å². The summed E-state index contributed by atoms with van der Waals surface area (Å²) in [6.07, 6.45) is 0. The molecular formula is C17H18BrNO2. The molecule has 0 unspecified atom stereocenters. The van der Waals surface area contributed by atoms with Crippen molar-refractivity contribution in [3.05, 3.63) is 57.6 Å². The number of ether oxygens (including phenoxy) is 2. The largest absolute Gasteiger partial charge is 0.454 e. The molecule has 1 heterocycles. The Kier molecular flexibility index (Phi) is 4.17. The maximum absolute atomic E-state index is 5.43. The molecule has 2 aromatic carbocycles. The molecule has 0 radical (unpaired) electrons. The van der Waals surface area contributed by atoms with E-state index >= 15 is 0 Å². The second-order valence-corrected chi connectivity index (χ2v) is 6.11. The van der Waals surface area contributed by atoms with Crippen LogP contribution in [0.15, 0.2) is 40.9 Å². The molecule has 0 spiro atoms. The van der Waals surface area contributed by atoms with Gasteiger partial charge < -0.3 is 14.8 Å². The van der Waals surface area contributed by atoms with Crippen molar-refractivity contribution in [2.75, 3.05) is 6.79 Å². The van der Waals surface area contributed by atoms with Gasteiger partial charge in [0.25, 0.3) is 0 Å². The third kappa shape index (κ3) is 3.06. The SMILES string of the molecule is Cc1ccccc1[C@@H](C)NCc1cc2c(cc1Br)OCO2. The Labute approximate surface area is 133 Å². The summed E-state index contributed by atoms with van der Waals surface area (Å²) in [5.74, 6) is 1.62. The zero-order valence-electron chi connectivity index (χ0n) is 12.2. The quantitative estimate of drug-likeness (QED) is 0.892. The standard InChI is InChI=1S/C17H18BrNO2/c1-11-5-3-4-6-14(11)12(2)19-9-13-7-16-17(8-15(13)18)21-10-20-16/h3-8,12,19H,9-10H2,1-2H3/t12-/m1/s1. The Hall–Kier alpha value is -1.52. The third-order valence-electron chi connectivity index (χ3n) is 3.80. The molecule has 4 heteroatoms. The van der Waals surface area contributed by atoms with E-state index in [1.165, 1.54) is 16.7 Å². The molecule has 1 N–H and O–H groups in total. The molecule has 1 aliphatic heterocycles. The second kappa shape index (κ2) is 6.08. The molecule has 0 aromatic heterocycles. The van der Waals surface area contributed by atoms with Crippen molar-refractivity contribution in [3.8, 4) is 11.5 Å². The molecule has 3 nitrogen and oxygen atoms in total. The highest BCUT2D eigenvalue weighted by Crippen LogP contribution is 2.37. The third-order valence-corrected chi connectivity index (χ3v) is 4.53. The van der Waals surface area contributed by atoms with Gasteiger partial charge in [-0.15, -0.1) is 0 Å². The van der Waals surface area contributed by atoms with Gasteiger partial charge in [-0.25, -0.2) is 0 Å². The average Bonchev–Trinajstić information content (AvgIpc) is 2.92. The minimum Gasteiger partial charge on any atom is -0.454 e. The van der Waals surface area contributed by atoms with Crippen molar-refractivity contribution in [1.82, 2.24) is 5.32 Å². The predicted molar refractivity (Wildman–Crippen MR) is 86.7 cm³/mol. The van der Waals surface area contributed by atoms with E-state index in [-0.39, 0.29) is 0 Å². The van der Waals surface area contributed by atoms with Crippen LogP contribution in [0.2, 0.25) is 0 Å². The van der Waals surface area contributed by atoms with Crippen LogP contribution in [-0.2, 0) is 6.54 Å². The number of hydrogen-bond donors (Lipinski definition) is 1. The van der Waals surface area contributed by atoms with Crippen LogP contribution in [0.5, 0.6) is 11.5 Å². The molecular weight excluding hydrogens is 330 g/mol. The first kappa shape index (κ1) is 14.4. The molecule has 21 heavy (non-hydrogen) atoms. The van der Waals surface area contributed by atoms with Crippen LogP contribution < -0.4 is 14.8 Å². The summed E-state index contributed by atoms with van der Waals surface area (Å²) in [7, 11) is 0. The number of halogens is 1. The van der Waals surface area contributed by atoms with Crippen LogP contribution in [0.4, 0.5) is 0 Å². The lowest BCUT2D eigenvalue weighted by atomic mass is 10.0. The van der Waals surface area contributed by atoms with Gasteiger partial charge in [-0.2, -0.15) is 0 Å². The monoisotopic (exact) mass is 347 g/mol. The van der Waals surface area contributed by atoms with Crippen molar-refractivity contribution >= 4 is 15.9 Å². The highest BCUT2D eigenvalue weighted by atomic mass is 79.9. The molecule has 1 aliphatic rings. The van der Waals surface area contributed by atoms with E-state index < -0.39 is 0 Å². The van der Waals surface area contributed by atoms with Crippen LogP contribution in [0.1, 0.15) is 29.7 Å². The van der Waals surface area contributed by atoms with E-state index in [0.717, 1.165) is 22.5 Å². The molecule has 2 aromatic rings. The smallest absolute Gasteiger partial charge is 0.231 e. The summed E-state index contributed by atoms with van der Waals surface area (Å²) >= 11 is 3.60. The summed E-state index contributed by atoms with van der Waals surface area (Å²) in [6, 6.07) is 12.8. The molecule has 0 saturated carbocycles. The van der Waals surface area contributed by atoms with Gasteiger partial charge in [0.05, 0.1) is 0 Å². The number of benzene rings is 2. The second-order valence-electron chi connectivity index (χ2n) is 5.26. The van der Waals surface area contributed by atoms with Crippen LogP contribution in [-0.4, -0.2) is 6.79 Å². The molecule has 3 rings (SSSR count). The summed E-state index contributed by atoms with van der Waals surface area (Å²) in [6.45, 7) is 5.40. The van der Waals surface area contributed by atoms with E-state index in [1.807, 2.05) is 12.1 Å². The van der Waals surface area contributed by atoms with E-state index in [9.17, 15) is 0 Å². The molecule has 0 amide bonds. The molecule has 0 bridgehead atoms. The van der Waals surface area contributed by atoms with Crippen molar-refractivity contribution < 1.29 is 9.47 Å². The van der Waals surface area contributed by atoms with Crippen molar-refractivity contribution in [1.29, 1.82) is 0 Å². The predicted octanol–water partition coefficient (Wildman–Crippen LogP) is 4.34. The number of hydrogen-bond acceptors (Lipinski definition) is 3. The Bertz CT molecular complexity index is 657. The van der Waals surface area contributed by atoms with Crippen molar-refractivity contribution in [2.24, 2.45) is 0 Å². The van der Waals surface area contributed by atoms with Crippen LogP contribution in [0.25, 0.3) is 0 Å². The summed E-state index contributed by atoms with van der Waals surface area (Å²) in [5, 5.41) is 3.56. The average molecular weight is 348 g/mol. The summed E-state index contributed by atoms with van der Waals surface area (Å²) < 4.78 is 11.8. The number of fused-ring (bicyclic) bond motifs is 1. The number of rotatable bonds is 4. The zero-order valence-corrected chi connectivity index (χ0v) is 13.7. The minimum absolute atomic E-state index is 0.295. The minimum atomic E-state index is 0.295. The van der Waals surface area contributed by atoms with Gasteiger partial charge in [-0.3, -0.25) is 0 Å². The Morgan fingerprint density at radius 3 is 2.67 bits per heavy atom. The number of nitrogens with one attached hydrogen (secondary N) is 1. The van der Waals surface area contributed by atoms with E-state index in [1.54, 1.807) is 0 Å². The van der Waals surface area contributed by atoms with Crippen molar-refractivity contribution in [2.45, 2.75) is 26.4 Å². The maximum atomic E-state index is 5.43. The fourth-order valence-electron chi connectivity index (χ4n) is 2.54. The Morgan fingerprint density at radius 1 is 1.19 bits per heavy atom. The van der Waals surface area contributed by atoms with Gasteiger partial charge in [-0.05, 0) is 42.7 Å². The van der Waals surface area contributed by atoms with Gasteiger partial charge in [-0.1, -0.05) is 40.2 Å². The van der Waals surface area contributed by atoms with Crippen LogP contribution in [0, 0.1) is 6.92 Å². The first-order chi connectivity index (χ1) is 10.1. The molecule has 0 aliphatic carbocycles. The van der Waals surface area contributed by atoms with E-state index in [4.69, 9.17) is 9.47 Å². The van der Waals surface area contributed by atoms with E-state index in [0.29, 0.717) is 12.8 Å². The first-order valence-electron chi connectivity index (χ1n) is 7.02. The maximum Gasteiger partial charge on any atom is 0.231 e. The lowest BCUT2D eigenvalue weighted by Gasteiger charge is -2.17. The molecule has 110 valence electrons. The van der Waals surface area contributed by atoms with Gasteiger partial charge in [0.2, 0.25) is 6.79 Å². The zero-order chi connectivity index (χ0) is 14.8. The molecule has 0 fully saturated rings. The lowest BCUT2D eigenvalue weighted by Crippen LogP contribution is -2.19.